The molecule has 1 saturated heterocycles. The molecule has 0 radical (unpaired) electrons. The molecule has 1 spiro atoms. The van der Waals surface area contributed by atoms with Gasteiger partial charge >= 0.3 is 12.1 Å². The first-order valence-electron chi connectivity index (χ1n) is 7.47. The molecule has 7 heteroatoms. The Morgan fingerprint density at radius 2 is 1.90 bits per heavy atom. The van der Waals surface area contributed by atoms with E-state index in [0.717, 1.165) is 37.0 Å². The van der Waals surface area contributed by atoms with Crippen molar-refractivity contribution in [2.75, 3.05) is 19.6 Å². The molecule has 1 N–H and O–H groups in total. The lowest BCUT2D eigenvalue weighted by molar-refractivity contribution is -0.158. The molecule has 2 rings (SSSR count). The summed E-state index contributed by atoms with van der Waals surface area (Å²) in [6.07, 6.45) is 2.26. The lowest BCUT2D eigenvalue weighted by atomic mass is 9.83. The predicted molar refractivity (Wildman–Crippen MR) is 70.1 cm³/mol. The standard InChI is InChI=1S/C14H22F3NO3/c15-14(16,17)10-18(9-12(19)20)8-11-4-7-13(21-11)5-2-1-3-6-13/h11H,1-10H2,(H,19,20). The van der Waals surface area contributed by atoms with Crippen molar-refractivity contribution in [3.63, 3.8) is 0 Å². The summed E-state index contributed by atoms with van der Waals surface area (Å²) in [4.78, 5) is 11.6. The predicted octanol–water partition coefficient (Wildman–Crippen LogP) is 2.82. The molecular formula is C14H22F3NO3. The minimum Gasteiger partial charge on any atom is -0.480 e. The summed E-state index contributed by atoms with van der Waals surface area (Å²) >= 11 is 0. The second-order valence-corrected chi connectivity index (χ2v) is 6.20. The van der Waals surface area contributed by atoms with Crippen LogP contribution in [0.5, 0.6) is 0 Å². The third-order valence-electron chi connectivity index (χ3n) is 4.33. The number of alkyl halides is 3. The van der Waals surface area contributed by atoms with E-state index in [-0.39, 0.29) is 18.2 Å². The molecule has 0 aromatic heterocycles. The Bertz CT molecular complexity index is 367. The fourth-order valence-electron chi connectivity index (χ4n) is 3.51. The maximum atomic E-state index is 12.5. The molecule has 122 valence electrons. The van der Waals surface area contributed by atoms with Crippen LogP contribution in [-0.4, -0.2) is 53.5 Å². The first kappa shape index (κ1) is 16.5. The number of rotatable bonds is 5. The van der Waals surface area contributed by atoms with Gasteiger partial charge in [-0.15, -0.1) is 0 Å². The van der Waals surface area contributed by atoms with Crippen molar-refractivity contribution in [1.29, 1.82) is 0 Å². The first-order chi connectivity index (χ1) is 9.78. The molecule has 1 aliphatic heterocycles. The average Bonchev–Trinajstić information content (AvgIpc) is 2.70. The molecular weight excluding hydrogens is 287 g/mol. The van der Waals surface area contributed by atoms with Gasteiger partial charge in [-0.2, -0.15) is 13.2 Å². The molecule has 0 aromatic carbocycles. The van der Waals surface area contributed by atoms with E-state index < -0.39 is 25.2 Å². The highest BCUT2D eigenvalue weighted by molar-refractivity contribution is 5.69. The van der Waals surface area contributed by atoms with Crippen LogP contribution in [0.3, 0.4) is 0 Å². The maximum absolute atomic E-state index is 12.5. The normalized spacial score (nSPS) is 25.6. The third-order valence-corrected chi connectivity index (χ3v) is 4.33. The highest BCUT2D eigenvalue weighted by atomic mass is 19.4. The van der Waals surface area contributed by atoms with Gasteiger partial charge in [0.05, 0.1) is 24.8 Å². The Kier molecular flexibility index (Phi) is 5.14. The summed E-state index contributed by atoms with van der Waals surface area (Å²) in [6, 6.07) is 0. The van der Waals surface area contributed by atoms with Gasteiger partial charge in [0.15, 0.2) is 0 Å². The average molecular weight is 309 g/mol. The van der Waals surface area contributed by atoms with E-state index in [1.54, 1.807) is 0 Å². The Balaban J connectivity index is 1.89. The second kappa shape index (κ2) is 6.52. The summed E-state index contributed by atoms with van der Waals surface area (Å²) in [5.74, 6) is -1.25. The molecule has 1 aliphatic carbocycles. The van der Waals surface area contributed by atoms with Crippen LogP contribution in [0, 0.1) is 0 Å². The van der Waals surface area contributed by atoms with Gasteiger partial charge in [0.2, 0.25) is 0 Å². The lowest BCUT2D eigenvalue weighted by Crippen LogP contribution is -2.43. The van der Waals surface area contributed by atoms with Crippen LogP contribution in [0.1, 0.15) is 44.9 Å². The topological polar surface area (TPSA) is 49.8 Å². The summed E-state index contributed by atoms with van der Waals surface area (Å²) in [6.45, 7) is -1.77. The zero-order valence-corrected chi connectivity index (χ0v) is 12.0. The van der Waals surface area contributed by atoms with Gasteiger partial charge in [0, 0.05) is 6.54 Å². The first-order valence-corrected chi connectivity index (χ1v) is 7.47. The van der Waals surface area contributed by atoms with Crippen LogP contribution in [0.2, 0.25) is 0 Å². The van der Waals surface area contributed by atoms with Crippen molar-refractivity contribution in [2.45, 2.75) is 62.8 Å². The smallest absolute Gasteiger partial charge is 0.401 e. The van der Waals surface area contributed by atoms with Gasteiger partial charge in [-0.25, -0.2) is 0 Å². The zero-order valence-electron chi connectivity index (χ0n) is 12.0. The number of hydrogen-bond acceptors (Lipinski definition) is 3. The number of nitrogens with zero attached hydrogens (tertiary/aromatic N) is 1. The van der Waals surface area contributed by atoms with Crippen LogP contribution in [-0.2, 0) is 9.53 Å². The number of ether oxygens (including phenoxy) is 1. The number of aliphatic carboxylic acids is 1. The lowest BCUT2D eigenvalue weighted by Gasteiger charge is -2.34. The number of halogens is 3. The molecule has 4 nitrogen and oxygen atoms in total. The maximum Gasteiger partial charge on any atom is 0.401 e. The Morgan fingerprint density at radius 1 is 1.24 bits per heavy atom. The molecule has 1 unspecified atom stereocenters. The number of carbonyl (C=O) groups is 1. The van der Waals surface area contributed by atoms with E-state index >= 15 is 0 Å². The van der Waals surface area contributed by atoms with Crippen molar-refractivity contribution in [3.8, 4) is 0 Å². The Morgan fingerprint density at radius 3 is 2.48 bits per heavy atom. The van der Waals surface area contributed by atoms with Gasteiger partial charge in [-0.1, -0.05) is 19.3 Å². The Labute approximate surface area is 122 Å². The van der Waals surface area contributed by atoms with Crippen molar-refractivity contribution in [2.24, 2.45) is 0 Å². The zero-order chi connectivity index (χ0) is 15.5. The second-order valence-electron chi connectivity index (χ2n) is 6.20. The molecule has 1 saturated carbocycles. The van der Waals surface area contributed by atoms with Crippen molar-refractivity contribution in [3.05, 3.63) is 0 Å². The number of hydrogen-bond donors (Lipinski definition) is 1. The van der Waals surface area contributed by atoms with Gasteiger partial charge < -0.3 is 9.84 Å². The van der Waals surface area contributed by atoms with Crippen molar-refractivity contribution >= 4 is 5.97 Å². The molecule has 0 aromatic rings. The van der Waals surface area contributed by atoms with Crippen LogP contribution < -0.4 is 0 Å². The van der Waals surface area contributed by atoms with E-state index in [1.807, 2.05) is 0 Å². The monoisotopic (exact) mass is 309 g/mol. The minimum atomic E-state index is -4.39. The summed E-state index contributed by atoms with van der Waals surface area (Å²) < 4.78 is 43.5. The van der Waals surface area contributed by atoms with Gasteiger partial charge in [-0.05, 0) is 25.7 Å². The summed E-state index contributed by atoms with van der Waals surface area (Å²) in [5.41, 5.74) is -0.157. The molecule has 1 heterocycles. The highest BCUT2D eigenvalue weighted by Crippen LogP contribution is 2.42. The van der Waals surface area contributed by atoms with Crippen LogP contribution in [0.15, 0.2) is 0 Å². The van der Waals surface area contributed by atoms with Gasteiger partial charge in [-0.3, -0.25) is 9.69 Å². The van der Waals surface area contributed by atoms with Crippen molar-refractivity contribution < 1.29 is 27.8 Å². The molecule has 1 atom stereocenters. The highest BCUT2D eigenvalue weighted by Gasteiger charge is 2.42. The van der Waals surface area contributed by atoms with Gasteiger partial charge in [0.1, 0.15) is 0 Å². The van der Waals surface area contributed by atoms with E-state index in [9.17, 15) is 18.0 Å². The van der Waals surface area contributed by atoms with Crippen LogP contribution in [0.25, 0.3) is 0 Å². The molecule has 21 heavy (non-hydrogen) atoms. The Hall–Kier alpha value is -0.820. The number of carboxylic acid groups (broad SMARTS) is 1. The van der Waals surface area contributed by atoms with Crippen LogP contribution in [0.4, 0.5) is 13.2 Å². The molecule has 0 bridgehead atoms. The molecule has 2 fully saturated rings. The quantitative estimate of drug-likeness (QED) is 0.848. The molecule has 0 amide bonds. The SMILES string of the molecule is O=C(O)CN(CC1CCC2(CCCCC2)O1)CC(F)(F)F. The fourth-order valence-corrected chi connectivity index (χ4v) is 3.51. The number of carboxylic acids is 1. The largest absolute Gasteiger partial charge is 0.480 e. The molecule has 2 aliphatic rings. The summed E-state index contributed by atoms with van der Waals surface area (Å²) in [7, 11) is 0. The van der Waals surface area contributed by atoms with E-state index in [0.29, 0.717) is 6.42 Å². The summed E-state index contributed by atoms with van der Waals surface area (Å²) in [5, 5.41) is 8.75. The van der Waals surface area contributed by atoms with E-state index in [1.165, 1.54) is 6.42 Å². The third kappa shape index (κ3) is 5.14. The minimum absolute atomic E-state index is 0.0353. The van der Waals surface area contributed by atoms with E-state index in [2.05, 4.69) is 0 Å². The fraction of sp³-hybridized carbons (Fsp3) is 0.929. The van der Waals surface area contributed by atoms with Gasteiger partial charge in [0.25, 0.3) is 0 Å². The van der Waals surface area contributed by atoms with E-state index in [4.69, 9.17) is 9.84 Å². The van der Waals surface area contributed by atoms with Crippen molar-refractivity contribution in [1.82, 2.24) is 4.90 Å². The van der Waals surface area contributed by atoms with Crippen LogP contribution >= 0.6 is 0 Å².